The highest BCUT2D eigenvalue weighted by Gasteiger charge is 2.08. The first-order valence-corrected chi connectivity index (χ1v) is 4.00. The Hall–Kier alpha value is -0.990. The molecule has 0 atom stereocenters. The van der Waals surface area contributed by atoms with Gasteiger partial charge in [0.1, 0.15) is 5.82 Å². The van der Waals surface area contributed by atoms with Crippen LogP contribution >= 0.6 is 0 Å². The highest BCUT2D eigenvalue weighted by atomic mass is 15.3. The molecule has 0 amide bonds. The van der Waals surface area contributed by atoms with Crippen LogP contribution in [-0.2, 0) is 19.9 Å². The second-order valence-electron chi connectivity index (χ2n) is 2.64. The number of anilines is 1. The van der Waals surface area contributed by atoms with Crippen LogP contribution in [0.5, 0.6) is 0 Å². The van der Waals surface area contributed by atoms with Gasteiger partial charge in [0.15, 0.2) is 0 Å². The molecule has 0 aromatic carbocycles. The Morgan fingerprint density at radius 3 is 2.36 bits per heavy atom. The van der Waals surface area contributed by atoms with E-state index < -0.39 is 0 Å². The topological polar surface area (TPSA) is 43.8 Å². The number of nitrogen functional groups attached to an aromatic ring is 1. The van der Waals surface area contributed by atoms with Crippen LogP contribution in [0.1, 0.15) is 25.1 Å². The minimum Gasteiger partial charge on any atom is -0.384 e. The summed E-state index contributed by atoms with van der Waals surface area (Å²) in [6, 6.07) is 0. The molecule has 0 unspecified atom stereocenters. The normalized spacial score (nSPS) is 10.5. The minimum atomic E-state index is 0.810. The van der Waals surface area contributed by atoms with Crippen LogP contribution in [0.3, 0.4) is 0 Å². The van der Waals surface area contributed by atoms with Crippen LogP contribution in [0.2, 0.25) is 0 Å². The summed E-state index contributed by atoms with van der Waals surface area (Å²) >= 11 is 0. The molecule has 0 saturated heterocycles. The van der Waals surface area contributed by atoms with Crippen LogP contribution in [0.15, 0.2) is 0 Å². The molecule has 0 spiro atoms. The summed E-state index contributed by atoms with van der Waals surface area (Å²) < 4.78 is 1.75. The van der Waals surface area contributed by atoms with Crippen molar-refractivity contribution < 1.29 is 0 Å². The smallest absolute Gasteiger partial charge is 0.124 e. The summed E-state index contributed by atoms with van der Waals surface area (Å²) in [6.07, 6.45) is 1.94. The molecule has 1 aromatic heterocycles. The predicted molar refractivity (Wildman–Crippen MR) is 46.4 cm³/mol. The monoisotopic (exact) mass is 153 g/mol. The SMILES string of the molecule is CCc1nn(C)c(N)c1CC. The zero-order valence-corrected chi connectivity index (χ0v) is 7.39. The van der Waals surface area contributed by atoms with Crippen LogP contribution in [-0.4, -0.2) is 9.78 Å². The second kappa shape index (κ2) is 2.95. The summed E-state index contributed by atoms with van der Waals surface area (Å²) in [5.74, 6) is 0.810. The van der Waals surface area contributed by atoms with Gasteiger partial charge in [0, 0.05) is 12.6 Å². The summed E-state index contributed by atoms with van der Waals surface area (Å²) in [6.45, 7) is 4.20. The van der Waals surface area contributed by atoms with E-state index in [9.17, 15) is 0 Å². The van der Waals surface area contributed by atoms with Gasteiger partial charge in [-0.3, -0.25) is 4.68 Å². The number of hydrogen-bond acceptors (Lipinski definition) is 2. The average molecular weight is 153 g/mol. The van der Waals surface area contributed by atoms with E-state index in [2.05, 4.69) is 18.9 Å². The van der Waals surface area contributed by atoms with Crippen molar-refractivity contribution in [1.82, 2.24) is 9.78 Å². The number of hydrogen-bond donors (Lipinski definition) is 1. The number of aryl methyl sites for hydroxylation is 2. The van der Waals surface area contributed by atoms with E-state index in [1.807, 2.05) is 7.05 Å². The molecular weight excluding hydrogens is 138 g/mol. The van der Waals surface area contributed by atoms with E-state index in [4.69, 9.17) is 5.73 Å². The van der Waals surface area contributed by atoms with Crippen molar-refractivity contribution in [2.45, 2.75) is 26.7 Å². The molecule has 2 N–H and O–H groups in total. The van der Waals surface area contributed by atoms with Gasteiger partial charge in [-0.15, -0.1) is 0 Å². The molecule has 11 heavy (non-hydrogen) atoms. The van der Waals surface area contributed by atoms with E-state index in [0.29, 0.717) is 0 Å². The van der Waals surface area contributed by atoms with E-state index in [1.54, 1.807) is 4.68 Å². The number of nitrogens with zero attached hydrogens (tertiary/aromatic N) is 2. The van der Waals surface area contributed by atoms with Gasteiger partial charge in [-0.25, -0.2) is 0 Å². The third-order valence-corrected chi connectivity index (χ3v) is 1.97. The van der Waals surface area contributed by atoms with Gasteiger partial charge < -0.3 is 5.73 Å². The first kappa shape index (κ1) is 8.11. The molecule has 0 radical (unpaired) electrons. The van der Waals surface area contributed by atoms with Crippen LogP contribution in [0, 0.1) is 0 Å². The van der Waals surface area contributed by atoms with Crippen molar-refractivity contribution >= 4 is 5.82 Å². The van der Waals surface area contributed by atoms with Crippen molar-refractivity contribution in [1.29, 1.82) is 0 Å². The van der Waals surface area contributed by atoms with Gasteiger partial charge in [-0.1, -0.05) is 13.8 Å². The van der Waals surface area contributed by atoms with Gasteiger partial charge in [0.25, 0.3) is 0 Å². The van der Waals surface area contributed by atoms with Crippen molar-refractivity contribution in [2.75, 3.05) is 5.73 Å². The number of aromatic nitrogens is 2. The predicted octanol–water partition coefficient (Wildman–Crippen LogP) is 1.13. The van der Waals surface area contributed by atoms with Crippen molar-refractivity contribution in [2.24, 2.45) is 7.05 Å². The molecule has 0 bridgehead atoms. The lowest BCUT2D eigenvalue weighted by atomic mass is 10.1. The Balaban J connectivity index is 3.15. The Bertz CT molecular complexity index is 250. The molecule has 1 rings (SSSR count). The van der Waals surface area contributed by atoms with Gasteiger partial charge in [-0.2, -0.15) is 5.10 Å². The molecule has 0 aliphatic carbocycles. The maximum absolute atomic E-state index is 5.79. The maximum atomic E-state index is 5.79. The molecule has 3 heteroatoms. The van der Waals surface area contributed by atoms with E-state index >= 15 is 0 Å². The summed E-state index contributed by atoms with van der Waals surface area (Å²) in [7, 11) is 1.88. The summed E-state index contributed by atoms with van der Waals surface area (Å²) in [4.78, 5) is 0. The van der Waals surface area contributed by atoms with Gasteiger partial charge >= 0.3 is 0 Å². The molecular formula is C8H15N3. The van der Waals surface area contributed by atoms with Gasteiger partial charge in [0.2, 0.25) is 0 Å². The number of nitrogens with two attached hydrogens (primary N) is 1. The molecule has 0 aliphatic heterocycles. The zero-order valence-electron chi connectivity index (χ0n) is 7.39. The Labute approximate surface area is 67.2 Å². The Morgan fingerprint density at radius 1 is 1.36 bits per heavy atom. The largest absolute Gasteiger partial charge is 0.384 e. The molecule has 0 saturated carbocycles. The van der Waals surface area contributed by atoms with Crippen LogP contribution in [0.25, 0.3) is 0 Å². The van der Waals surface area contributed by atoms with Crippen LogP contribution < -0.4 is 5.73 Å². The molecule has 62 valence electrons. The molecule has 1 aromatic rings. The first-order chi connectivity index (χ1) is 5.20. The fraction of sp³-hybridized carbons (Fsp3) is 0.625. The third kappa shape index (κ3) is 1.23. The highest BCUT2D eigenvalue weighted by molar-refractivity contribution is 5.43. The van der Waals surface area contributed by atoms with E-state index in [-0.39, 0.29) is 0 Å². The first-order valence-electron chi connectivity index (χ1n) is 4.00. The zero-order chi connectivity index (χ0) is 8.43. The fourth-order valence-electron chi connectivity index (χ4n) is 1.31. The molecule has 0 aliphatic rings. The standard InChI is InChI=1S/C8H15N3/c1-4-6-7(5-2)10-11(3)8(6)9/h4-5,9H2,1-3H3. The van der Waals surface area contributed by atoms with Gasteiger partial charge in [0.05, 0.1) is 5.69 Å². The fourth-order valence-corrected chi connectivity index (χ4v) is 1.31. The molecule has 0 fully saturated rings. The second-order valence-corrected chi connectivity index (χ2v) is 2.64. The van der Waals surface area contributed by atoms with Gasteiger partial charge in [-0.05, 0) is 12.8 Å². The lowest BCUT2D eigenvalue weighted by molar-refractivity contribution is 0.755. The van der Waals surface area contributed by atoms with E-state index in [0.717, 1.165) is 24.4 Å². The lowest BCUT2D eigenvalue weighted by Gasteiger charge is -1.95. The van der Waals surface area contributed by atoms with Crippen molar-refractivity contribution in [3.63, 3.8) is 0 Å². The van der Waals surface area contributed by atoms with Crippen molar-refractivity contribution in [3.8, 4) is 0 Å². The Morgan fingerprint density at radius 2 is 2.00 bits per heavy atom. The molecule has 1 heterocycles. The average Bonchev–Trinajstić information content (AvgIpc) is 2.28. The third-order valence-electron chi connectivity index (χ3n) is 1.97. The minimum absolute atomic E-state index is 0.810. The summed E-state index contributed by atoms with van der Waals surface area (Å²) in [5, 5.41) is 4.29. The quantitative estimate of drug-likeness (QED) is 0.692. The van der Waals surface area contributed by atoms with Crippen molar-refractivity contribution in [3.05, 3.63) is 11.3 Å². The number of rotatable bonds is 2. The Kier molecular flexibility index (Phi) is 2.17. The summed E-state index contributed by atoms with van der Waals surface area (Å²) in [5.41, 5.74) is 8.13. The molecule has 3 nitrogen and oxygen atoms in total. The lowest BCUT2D eigenvalue weighted by Crippen LogP contribution is -1.98. The van der Waals surface area contributed by atoms with E-state index in [1.165, 1.54) is 5.56 Å². The maximum Gasteiger partial charge on any atom is 0.124 e. The van der Waals surface area contributed by atoms with Crippen LogP contribution in [0.4, 0.5) is 5.82 Å². The highest BCUT2D eigenvalue weighted by Crippen LogP contribution is 2.16.